The number of hydrogen-bond acceptors (Lipinski definition) is 2. The van der Waals surface area contributed by atoms with Gasteiger partial charge in [0.15, 0.2) is 0 Å². The molecule has 0 fully saturated rings. The summed E-state index contributed by atoms with van der Waals surface area (Å²) >= 11 is 3.01. The van der Waals surface area contributed by atoms with E-state index in [9.17, 15) is 14.0 Å². The van der Waals surface area contributed by atoms with Crippen LogP contribution in [0.15, 0.2) is 22.7 Å². The summed E-state index contributed by atoms with van der Waals surface area (Å²) in [6.45, 7) is 0. The van der Waals surface area contributed by atoms with Gasteiger partial charge in [0.25, 0.3) is 0 Å². The van der Waals surface area contributed by atoms with Crippen molar-refractivity contribution >= 4 is 27.9 Å². The summed E-state index contributed by atoms with van der Waals surface area (Å²) in [5.74, 6) is -4.18. The Balaban J connectivity index is 3.10. The fourth-order valence-electron chi connectivity index (χ4n) is 1.29. The van der Waals surface area contributed by atoms with Gasteiger partial charge in [-0.2, -0.15) is 0 Å². The smallest absolute Gasteiger partial charge is 0.311 e. The largest absolute Gasteiger partial charge is 0.481 e. The van der Waals surface area contributed by atoms with Crippen LogP contribution in [0, 0.1) is 5.82 Å². The zero-order valence-electron chi connectivity index (χ0n) is 7.98. The molecule has 0 amide bonds. The van der Waals surface area contributed by atoms with Gasteiger partial charge in [-0.05, 0) is 17.7 Å². The van der Waals surface area contributed by atoms with E-state index in [0.717, 1.165) is 12.1 Å². The molecule has 0 heterocycles. The Morgan fingerprint density at radius 2 is 2.00 bits per heavy atom. The van der Waals surface area contributed by atoms with E-state index in [-0.39, 0.29) is 10.0 Å². The Labute approximate surface area is 98.8 Å². The third-order valence-corrected chi connectivity index (χ3v) is 2.70. The highest BCUT2D eigenvalue weighted by atomic mass is 79.9. The fourth-order valence-corrected chi connectivity index (χ4v) is 1.92. The summed E-state index contributed by atoms with van der Waals surface area (Å²) in [4.78, 5) is 21.4. The lowest BCUT2D eigenvalue weighted by Crippen LogP contribution is -2.16. The quantitative estimate of drug-likeness (QED) is 0.892. The van der Waals surface area contributed by atoms with Crippen molar-refractivity contribution in [2.24, 2.45) is 0 Å². The van der Waals surface area contributed by atoms with E-state index in [1.165, 1.54) is 6.07 Å². The predicted octanol–water partition coefficient (Wildman–Crippen LogP) is 2.23. The first-order chi connectivity index (χ1) is 7.41. The molecule has 0 saturated heterocycles. The summed E-state index contributed by atoms with van der Waals surface area (Å²) in [6.07, 6.45) is -0.542. The Morgan fingerprint density at radius 1 is 1.38 bits per heavy atom. The summed E-state index contributed by atoms with van der Waals surface area (Å²) in [5, 5.41) is 17.5. The lowest BCUT2D eigenvalue weighted by molar-refractivity contribution is -0.145. The molecule has 0 aliphatic carbocycles. The van der Waals surface area contributed by atoms with Gasteiger partial charge in [0.2, 0.25) is 0 Å². The van der Waals surface area contributed by atoms with Crippen molar-refractivity contribution in [3.05, 3.63) is 34.1 Å². The van der Waals surface area contributed by atoms with Crippen LogP contribution in [0.2, 0.25) is 0 Å². The number of carboxylic acids is 2. The molecular weight excluding hydrogens is 283 g/mol. The van der Waals surface area contributed by atoms with Crippen LogP contribution in [0.4, 0.5) is 4.39 Å². The van der Waals surface area contributed by atoms with E-state index in [1.807, 2.05) is 0 Å². The molecule has 1 aromatic carbocycles. The molecule has 0 saturated carbocycles. The Kier molecular flexibility index (Phi) is 4.00. The standard InChI is InChI=1S/C10H8BrFO4/c11-8-3-5(12)1-2-6(8)7(10(15)16)4-9(13)14/h1-3,7H,4H2,(H,13,14)(H,15,16). The second-order valence-corrected chi connectivity index (χ2v) is 4.01. The van der Waals surface area contributed by atoms with E-state index < -0.39 is 30.1 Å². The van der Waals surface area contributed by atoms with Crippen molar-refractivity contribution in [2.75, 3.05) is 0 Å². The monoisotopic (exact) mass is 290 g/mol. The van der Waals surface area contributed by atoms with E-state index >= 15 is 0 Å². The molecule has 0 bridgehead atoms. The predicted molar refractivity (Wildman–Crippen MR) is 56.7 cm³/mol. The molecule has 0 aromatic heterocycles. The van der Waals surface area contributed by atoms with Gasteiger partial charge in [0.1, 0.15) is 5.82 Å². The molecule has 1 aromatic rings. The van der Waals surface area contributed by atoms with Gasteiger partial charge < -0.3 is 10.2 Å². The average molecular weight is 291 g/mol. The molecule has 1 unspecified atom stereocenters. The van der Waals surface area contributed by atoms with Crippen LogP contribution in [0.3, 0.4) is 0 Å². The molecule has 0 spiro atoms. The van der Waals surface area contributed by atoms with Crippen LogP contribution >= 0.6 is 15.9 Å². The van der Waals surface area contributed by atoms with Crippen LogP contribution in [-0.4, -0.2) is 22.2 Å². The van der Waals surface area contributed by atoms with Crippen molar-refractivity contribution in [2.45, 2.75) is 12.3 Å². The second kappa shape index (κ2) is 5.07. The van der Waals surface area contributed by atoms with E-state index in [4.69, 9.17) is 10.2 Å². The molecule has 2 N–H and O–H groups in total. The van der Waals surface area contributed by atoms with E-state index in [1.54, 1.807) is 0 Å². The van der Waals surface area contributed by atoms with Crippen LogP contribution in [0.1, 0.15) is 17.9 Å². The zero-order valence-corrected chi connectivity index (χ0v) is 9.57. The summed E-state index contributed by atoms with van der Waals surface area (Å²) in [6, 6.07) is 3.46. The highest BCUT2D eigenvalue weighted by Gasteiger charge is 2.25. The zero-order chi connectivity index (χ0) is 12.3. The maximum atomic E-state index is 12.8. The third kappa shape index (κ3) is 3.03. The van der Waals surface area contributed by atoms with E-state index in [2.05, 4.69) is 15.9 Å². The van der Waals surface area contributed by atoms with Gasteiger partial charge in [-0.15, -0.1) is 0 Å². The molecule has 0 aliphatic heterocycles. The highest BCUT2D eigenvalue weighted by Crippen LogP contribution is 2.28. The number of carbonyl (C=O) groups is 2. The number of halogens is 2. The first-order valence-corrected chi connectivity index (χ1v) is 5.10. The van der Waals surface area contributed by atoms with Crippen molar-refractivity contribution in [1.29, 1.82) is 0 Å². The van der Waals surface area contributed by atoms with Crippen molar-refractivity contribution in [3.63, 3.8) is 0 Å². The molecule has 16 heavy (non-hydrogen) atoms. The van der Waals surface area contributed by atoms with E-state index in [0.29, 0.717) is 0 Å². The molecule has 6 heteroatoms. The maximum Gasteiger partial charge on any atom is 0.311 e. The number of hydrogen-bond donors (Lipinski definition) is 2. The van der Waals surface area contributed by atoms with Crippen LogP contribution in [-0.2, 0) is 9.59 Å². The van der Waals surface area contributed by atoms with Crippen LogP contribution < -0.4 is 0 Å². The van der Waals surface area contributed by atoms with Gasteiger partial charge in [0.05, 0.1) is 12.3 Å². The van der Waals surface area contributed by atoms with Crippen molar-refractivity contribution < 1.29 is 24.2 Å². The van der Waals surface area contributed by atoms with Gasteiger partial charge in [0, 0.05) is 4.47 Å². The fraction of sp³-hybridized carbons (Fsp3) is 0.200. The lowest BCUT2D eigenvalue weighted by atomic mass is 9.96. The molecular formula is C10H8BrFO4. The number of benzene rings is 1. The van der Waals surface area contributed by atoms with Gasteiger partial charge in [-0.3, -0.25) is 9.59 Å². The van der Waals surface area contributed by atoms with Gasteiger partial charge >= 0.3 is 11.9 Å². The molecule has 1 rings (SSSR count). The third-order valence-electron chi connectivity index (χ3n) is 2.01. The molecule has 0 radical (unpaired) electrons. The average Bonchev–Trinajstić information content (AvgIpc) is 2.14. The molecule has 1 atom stereocenters. The van der Waals surface area contributed by atoms with Crippen molar-refractivity contribution in [3.8, 4) is 0 Å². The molecule has 86 valence electrons. The van der Waals surface area contributed by atoms with Crippen LogP contribution in [0.5, 0.6) is 0 Å². The minimum absolute atomic E-state index is 0.247. The minimum atomic E-state index is -1.25. The SMILES string of the molecule is O=C(O)CC(C(=O)O)c1ccc(F)cc1Br. The maximum absolute atomic E-state index is 12.8. The van der Waals surface area contributed by atoms with Crippen molar-refractivity contribution in [1.82, 2.24) is 0 Å². The second-order valence-electron chi connectivity index (χ2n) is 3.15. The first-order valence-electron chi connectivity index (χ1n) is 4.31. The minimum Gasteiger partial charge on any atom is -0.481 e. The number of carboxylic acid groups (broad SMARTS) is 2. The summed E-state index contributed by atoms with van der Waals surface area (Å²) in [5.41, 5.74) is 0.247. The van der Waals surface area contributed by atoms with Gasteiger partial charge in [-0.1, -0.05) is 22.0 Å². The molecule has 0 aliphatic rings. The number of rotatable bonds is 4. The summed E-state index contributed by atoms with van der Waals surface area (Å²) < 4.78 is 13.0. The molecule has 4 nitrogen and oxygen atoms in total. The van der Waals surface area contributed by atoms with Gasteiger partial charge in [-0.25, -0.2) is 4.39 Å². The summed E-state index contributed by atoms with van der Waals surface area (Å²) in [7, 11) is 0. The topological polar surface area (TPSA) is 74.6 Å². The highest BCUT2D eigenvalue weighted by molar-refractivity contribution is 9.10. The lowest BCUT2D eigenvalue weighted by Gasteiger charge is -2.12. The first kappa shape index (κ1) is 12.6. The van der Waals surface area contributed by atoms with Crippen LogP contribution in [0.25, 0.3) is 0 Å². The number of aliphatic carboxylic acids is 2. The Bertz CT molecular complexity index is 433. The Hall–Kier alpha value is -1.43. The Morgan fingerprint density at radius 3 is 2.44 bits per heavy atom. The normalized spacial score (nSPS) is 12.1.